The van der Waals surface area contributed by atoms with Crippen molar-refractivity contribution in [2.75, 3.05) is 0 Å². The highest BCUT2D eigenvalue weighted by Gasteiger charge is 2.09. The number of benzene rings is 2. The lowest BCUT2D eigenvalue weighted by molar-refractivity contribution is 0.199. The molecule has 0 aromatic heterocycles. The molecule has 0 radical (unpaired) electrons. The van der Waals surface area contributed by atoms with E-state index in [0.717, 1.165) is 14.5 Å². The molecule has 0 saturated heterocycles. The van der Waals surface area contributed by atoms with Crippen LogP contribution in [0.15, 0.2) is 45.3 Å². The van der Waals surface area contributed by atoms with Gasteiger partial charge in [-0.2, -0.15) is 0 Å². The Labute approximate surface area is 133 Å². The van der Waals surface area contributed by atoms with Crippen LogP contribution in [0.25, 0.3) is 0 Å². The molecule has 2 rings (SSSR count). The molecule has 100 valence electrons. The van der Waals surface area contributed by atoms with E-state index in [4.69, 9.17) is 16.3 Å². The highest BCUT2D eigenvalue weighted by Crippen LogP contribution is 2.36. The predicted octanol–water partition coefficient (Wildman–Crippen LogP) is 5.71. The van der Waals surface area contributed by atoms with Crippen LogP contribution in [0.1, 0.15) is 18.6 Å². The topological polar surface area (TPSA) is 29.5 Å². The molecule has 0 fully saturated rings. The molecule has 0 saturated carbocycles. The smallest absolute Gasteiger partial charge is 0.146 e. The van der Waals surface area contributed by atoms with Gasteiger partial charge in [-0.25, -0.2) is 0 Å². The van der Waals surface area contributed by atoms with Crippen molar-refractivity contribution >= 4 is 43.5 Å². The number of ether oxygens (including phenoxy) is 1. The maximum Gasteiger partial charge on any atom is 0.146 e. The Hall–Kier alpha value is -0.550. The van der Waals surface area contributed by atoms with Gasteiger partial charge in [-0.1, -0.05) is 33.6 Å². The normalized spacial score (nSPS) is 12.3. The van der Waals surface area contributed by atoms with Crippen LogP contribution in [0.2, 0.25) is 5.02 Å². The number of rotatable bonds is 3. The SMILES string of the molecule is CC(O)c1ccc(Oc2ccc(Br)cc2Br)c(Cl)c1. The lowest BCUT2D eigenvalue weighted by Crippen LogP contribution is -1.92. The standard InChI is InChI=1S/C14H11Br2ClO2/c1-8(18)9-2-4-14(12(17)6-9)19-13-5-3-10(15)7-11(13)16/h2-8,18H,1H3. The number of hydrogen-bond acceptors (Lipinski definition) is 2. The first-order chi connectivity index (χ1) is 8.97. The number of aliphatic hydroxyl groups is 1. The zero-order chi connectivity index (χ0) is 14.0. The quantitative estimate of drug-likeness (QED) is 0.707. The molecule has 0 heterocycles. The van der Waals surface area contributed by atoms with E-state index in [1.165, 1.54) is 0 Å². The maximum atomic E-state index is 9.49. The summed E-state index contributed by atoms with van der Waals surface area (Å²) in [6.07, 6.45) is -0.550. The third kappa shape index (κ3) is 3.72. The fourth-order valence-electron chi connectivity index (χ4n) is 1.54. The highest BCUT2D eigenvalue weighted by molar-refractivity contribution is 9.11. The van der Waals surface area contributed by atoms with Gasteiger partial charge in [0.15, 0.2) is 0 Å². The van der Waals surface area contributed by atoms with Crippen molar-refractivity contribution in [3.05, 3.63) is 55.9 Å². The Morgan fingerprint density at radius 1 is 1.11 bits per heavy atom. The van der Waals surface area contributed by atoms with Crippen molar-refractivity contribution in [3.63, 3.8) is 0 Å². The molecule has 0 aliphatic rings. The Kier molecular flexibility index (Phi) is 4.90. The third-order valence-electron chi connectivity index (χ3n) is 2.55. The number of aliphatic hydroxyl groups excluding tert-OH is 1. The molecule has 1 unspecified atom stereocenters. The molecular weight excluding hydrogens is 395 g/mol. The maximum absolute atomic E-state index is 9.49. The molecule has 2 nitrogen and oxygen atoms in total. The van der Waals surface area contributed by atoms with Crippen molar-refractivity contribution in [1.29, 1.82) is 0 Å². The number of hydrogen-bond donors (Lipinski definition) is 1. The molecule has 1 N–H and O–H groups in total. The summed E-state index contributed by atoms with van der Waals surface area (Å²) < 4.78 is 7.54. The van der Waals surface area contributed by atoms with Crippen molar-refractivity contribution in [3.8, 4) is 11.5 Å². The van der Waals surface area contributed by atoms with Gasteiger partial charge in [0.2, 0.25) is 0 Å². The van der Waals surface area contributed by atoms with Gasteiger partial charge in [0.25, 0.3) is 0 Å². The van der Waals surface area contributed by atoms with E-state index in [0.29, 0.717) is 16.5 Å². The van der Waals surface area contributed by atoms with Gasteiger partial charge in [0.1, 0.15) is 11.5 Å². The molecule has 5 heteroatoms. The molecule has 0 bridgehead atoms. The largest absolute Gasteiger partial charge is 0.455 e. The first kappa shape index (κ1) is 14.9. The average Bonchev–Trinajstić information content (AvgIpc) is 2.34. The molecule has 0 amide bonds. The van der Waals surface area contributed by atoms with E-state index in [9.17, 15) is 5.11 Å². The van der Waals surface area contributed by atoms with Crippen LogP contribution in [-0.2, 0) is 0 Å². The molecule has 0 spiro atoms. The predicted molar refractivity (Wildman–Crippen MR) is 84.0 cm³/mol. The monoisotopic (exact) mass is 404 g/mol. The Morgan fingerprint density at radius 3 is 2.37 bits per heavy atom. The number of halogens is 3. The highest BCUT2D eigenvalue weighted by atomic mass is 79.9. The molecule has 1 atom stereocenters. The second kappa shape index (κ2) is 6.27. The molecule has 2 aromatic rings. The summed E-state index contributed by atoms with van der Waals surface area (Å²) in [4.78, 5) is 0. The zero-order valence-electron chi connectivity index (χ0n) is 10.0. The van der Waals surface area contributed by atoms with E-state index in [1.54, 1.807) is 25.1 Å². The summed E-state index contributed by atoms with van der Waals surface area (Å²) in [6.45, 7) is 1.69. The first-order valence-electron chi connectivity index (χ1n) is 5.58. The first-order valence-corrected chi connectivity index (χ1v) is 7.54. The fraction of sp³-hybridized carbons (Fsp3) is 0.143. The van der Waals surface area contributed by atoms with E-state index in [-0.39, 0.29) is 0 Å². The van der Waals surface area contributed by atoms with Crippen molar-refractivity contribution in [1.82, 2.24) is 0 Å². The van der Waals surface area contributed by atoms with Crippen LogP contribution in [0.4, 0.5) is 0 Å². The summed E-state index contributed by atoms with van der Waals surface area (Å²) in [5.74, 6) is 1.23. The van der Waals surface area contributed by atoms with Crippen molar-refractivity contribution in [2.24, 2.45) is 0 Å². The Balaban J connectivity index is 2.28. The zero-order valence-corrected chi connectivity index (χ0v) is 14.0. The van der Waals surface area contributed by atoms with E-state index in [2.05, 4.69) is 31.9 Å². The van der Waals surface area contributed by atoms with E-state index in [1.807, 2.05) is 18.2 Å². The minimum absolute atomic E-state index is 0.466. The van der Waals surface area contributed by atoms with Crippen molar-refractivity contribution < 1.29 is 9.84 Å². The summed E-state index contributed by atoms with van der Waals surface area (Å²) in [7, 11) is 0. The third-order valence-corrected chi connectivity index (χ3v) is 3.96. The van der Waals surface area contributed by atoms with Crippen LogP contribution in [0.5, 0.6) is 11.5 Å². The molecule has 0 aliphatic carbocycles. The second-order valence-electron chi connectivity index (χ2n) is 4.04. The summed E-state index contributed by atoms with van der Waals surface area (Å²) in [5, 5.41) is 9.96. The van der Waals surface area contributed by atoms with Gasteiger partial charge in [-0.15, -0.1) is 0 Å². The summed E-state index contributed by atoms with van der Waals surface area (Å²) >= 11 is 13.0. The molecule has 0 aliphatic heterocycles. The van der Waals surface area contributed by atoms with Gasteiger partial charge in [0.05, 0.1) is 15.6 Å². The molecule has 2 aromatic carbocycles. The van der Waals surface area contributed by atoms with Crippen molar-refractivity contribution in [2.45, 2.75) is 13.0 Å². The molecule has 19 heavy (non-hydrogen) atoms. The van der Waals surface area contributed by atoms with Gasteiger partial charge in [-0.05, 0) is 58.7 Å². The lowest BCUT2D eigenvalue weighted by atomic mass is 10.1. The minimum Gasteiger partial charge on any atom is -0.455 e. The fourth-order valence-corrected chi connectivity index (χ4v) is 2.89. The van der Waals surface area contributed by atoms with Crippen LogP contribution in [-0.4, -0.2) is 5.11 Å². The van der Waals surface area contributed by atoms with Gasteiger partial charge in [0, 0.05) is 4.47 Å². The van der Waals surface area contributed by atoms with E-state index < -0.39 is 6.10 Å². The van der Waals surface area contributed by atoms with E-state index >= 15 is 0 Å². The molecular formula is C14H11Br2ClO2. The minimum atomic E-state index is -0.550. The second-order valence-corrected chi connectivity index (χ2v) is 6.22. The van der Waals surface area contributed by atoms with Gasteiger partial charge >= 0.3 is 0 Å². The summed E-state index contributed by atoms with van der Waals surface area (Å²) in [5.41, 5.74) is 0.757. The van der Waals surface area contributed by atoms with Gasteiger partial charge < -0.3 is 9.84 Å². The van der Waals surface area contributed by atoms with Crippen LogP contribution in [0, 0.1) is 0 Å². The lowest BCUT2D eigenvalue weighted by Gasteiger charge is -2.11. The Bertz CT molecular complexity index is 600. The van der Waals surface area contributed by atoms with Crippen LogP contribution >= 0.6 is 43.5 Å². The average molecular weight is 407 g/mol. The van der Waals surface area contributed by atoms with Crippen LogP contribution < -0.4 is 4.74 Å². The summed E-state index contributed by atoms with van der Waals surface area (Å²) in [6, 6.07) is 10.9. The van der Waals surface area contributed by atoms with Crippen LogP contribution in [0.3, 0.4) is 0 Å². The van der Waals surface area contributed by atoms with Gasteiger partial charge in [-0.3, -0.25) is 0 Å². The Morgan fingerprint density at radius 2 is 1.79 bits per heavy atom.